The summed E-state index contributed by atoms with van der Waals surface area (Å²) in [5, 5.41) is 6.35. The van der Waals surface area contributed by atoms with Gasteiger partial charge in [-0.2, -0.15) is 0 Å². The first kappa shape index (κ1) is 21.3. The van der Waals surface area contributed by atoms with Gasteiger partial charge in [0.2, 0.25) is 11.8 Å². The Morgan fingerprint density at radius 3 is 2.38 bits per heavy atom. The molecule has 1 heterocycles. The molecule has 1 aliphatic heterocycles. The van der Waals surface area contributed by atoms with E-state index in [9.17, 15) is 14.4 Å². The number of hydrogen-bond acceptors (Lipinski definition) is 3. The normalized spacial score (nSPS) is 24.6. The molecule has 0 spiro atoms. The Hall–Kier alpha value is -2.37. The van der Waals surface area contributed by atoms with Crippen LogP contribution in [0.2, 0.25) is 0 Å². The van der Waals surface area contributed by atoms with Crippen LogP contribution in [-0.4, -0.2) is 47.8 Å². The molecule has 1 aromatic carbocycles. The molecule has 6 heteroatoms. The maximum Gasteiger partial charge on any atom is 0.251 e. The van der Waals surface area contributed by atoms with E-state index in [0.29, 0.717) is 18.5 Å². The lowest BCUT2D eigenvalue weighted by atomic mass is 9.88. The van der Waals surface area contributed by atoms with Gasteiger partial charge in [0.05, 0.1) is 5.92 Å². The lowest BCUT2D eigenvalue weighted by Crippen LogP contribution is -2.55. The second-order valence-electron chi connectivity index (χ2n) is 8.33. The molecule has 0 aromatic heterocycles. The number of nitrogens with zero attached hydrogens (tertiary/aromatic N) is 1. The summed E-state index contributed by atoms with van der Waals surface area (Å²) in [4.78, 5) is 39.5. The number of likely N-dealkylation sites (tertiary alicyclic amines) is 1. The highest BCUT2D eigenvalue weighted by Crippen LogP contribution is 2.22. The Labute approximate surface area is 173 Å². The lowest BCUT2D eigenvalue weighted by Gasteiger charge is -2.36. The lowest BCUT2D eigenvalue weighted by molar-refractivity contribution is -0.135. The SMILES string of the molecule is CCC(=O)N1CCC[C@@H](C(=O)N[C@@H]2CCCC[C@H]2NC(=O)c2ccccc2C)C1. The van der Waals surface area contributed by atoms with Gasteiger partial charge in [-0.1, -0.05) is 38.0 Å². The van der Waals surface area contributed by atoms with Crippen molar-refractivity contribution in [3.63, 3.8) is 0 Å². The number of piperidine rings is 1. The Morgan fingerprint density at radius 2 is 1.69 bits per heavy atom. The van der Waals surface area contributed by atoms with Crippen LogP contribution in [-0.2, 0) is 9.59 Å². The van der Waals surface area contributed by atoms with E-state index < -0.39 is 0 Å². The zero-order valence-electron chi connectivity index (χ0n) is 17.6. The standard InChI is InChI=1S/C23H33N3O3/c1-3-21(27)26-14-8-10-17(15-26)22(28)24-19-12-6-7-13-20(19)25-23(29)18-11-5-4-9-16(18)2/h4-5,9,11,17,19-20H,3,6-8,10,12-15H2,1-2H3,(H,24,28)(H,25,29)/t17-,19-,20-/m1/s1. The first-order chi connectivity index (χ1) is 14.0. The van der Waals surface area contributed by atoms with Crippen molar-refractivity contribution in [3.8, 4) is 0 Å². The van der Waals surface area contributed by atoms with Gasteiger partial charge >= 0.3 is 0 Å². The number of carbonyl (C=O) groups is 3. The average Bonchev–Trinajstić information content (AvgIpc) is 2.74. The van der Waals surface area contributed by atoms with Gasteiger partial charge in [-0.15, -0.1) is 0 Å². The van der Waals surface area contributed by atoms with E-state index in [1.54, 1.807) is 0 Å². The summed E-state index contributed by atoms with van der Waals surface area (Å²) in [5.74, 6) is -0.107. The van der Waals surface area contributed by atoms with E-state index in [2.05, 4.69) is 10.6 Å². The minimum absolute atomic E-state index is 0.0145. The van der Waals surface area contributed by atoms with Crippen molar-refractivity contribution in [3.05, 3.63) is 35.4 Å². The molecule has 6 nitrogen and oxygen atoms in total. The number of amides is 3. The summed E-state index contributed by atoms with van der Waals surface area (Å²) >= 11 is 0. The molecule has 2 fully saturated rings. The smallest absolute Gasteiger partial charge is 0.251 e. The predicted molar refractivity (Wildman–Crippen MR) is 112 cm³/mol. The number of aryl methyl sites for hydroxylation is 1. The molecule has 3 rings (SSSR count). The molecule has 3 amide bonds. The summed E-state index contributed by atoms with van der Waals surface area (Å²) in [7, 11) is 0. The van der Waals surface area contributed by atoms with Crippen LogP contribution in [0, 0.1) is 12.8 Å². The van der Waals surface area contributed by atoms with Crippen molar-refractivity contribution < 1.29 is 14.4 Å². The number of nitrogens with one attached hydrogen (secondary N) is 2. The van der Waals surface area contributed by atoms with Crippen LogP contribution >= 0.6 is 0 Å². The molecule has 158 valence electrons. The van der Waals surface area contributed by atoms with Crippen molar-refractivity contribution in [1.29, 1.82) is 0 Å². The third-order valence-corrected chi connectivity index (χ3v) is 6.25. The van der Waals surface area contributed by atoms with Crippen molar-refractivity contribution in [2.75, 3.05) is 13.1 Å². The molecule has 1 saturated carbocycles. The van der Waals surface area contributed by atoms with Crippen molar-refractivity contribution in [1.82, 2.24) is 15.5 Å². The molecule has 3 atom stereocenters. The molecule has 0 unspecified atom stereocenters. The topological polar surface area (TPSA) is 78.5 Å². The zero-order chi connectivity index (χ0) is 20.8. The third-order valence-electron chi connectivity index (χ3n) is 6.25. The van der Waals surface area contributed by atoms with E-state index >= 15 is 0 Å². The molecule has 1 aliphatic carbocycles. The first-order valence-corrected chi connectivity index (χ1v) is 10.9. The number of hydrogen-bond donors (Lipinski definition) is 2. The van der Waals surface area contributed by atoms with Crippen LogP contribution in [0.15, 0.2) is 24.3 Å². The minimum atomic E-state index is -0.158. The summed E-state index contributed by atoms with van der Waals surface area (Å²) < 4.78 is 0. The summed E-state index contributed by atoms with van der Waals surface area (Å²) in [5.41, 5.74) is 1.63. The fraction of sp³-hybridized carbons (Fsp3) is 0.609. The zero-order valence-corrected chi connectivity index (χ0v) is 17.6. The van der Waals surface area contributed by atoms with Gasteiger partial charge < -0.3 is 15.5 Å². The molecule has 1 saturated heterocycles. The van der Waals surface area contributed by atoms with E-state index in [0.717, 1.165) is 50.6 Å². The van der Waals surface area contributed by atoms with Crippen molar-refractivity contribution in [2.24, 2.45) is 5.92 Å². The summed E-state index contributed by atoms with van der Waals surface area (Å²) in [6.07, 6.45) is 5.99. The molecule has 0 radical (unpaired) electrons. The van der Waals surface area contributed by atoms with Crippen molar-refractivity contribution >= 4 is 17.7 Å². The Morgan fingerprint density at radius 1 is 1.00 bits per heavy atom. The predicted octanol–water partition coefficient (Wildman–Crippen LogP) is 2.80. The highest BCUT2D eigenvalue weighted by molar-refractivity contribution is 5.95. The largest absolute Gasteiger partial charge is 0.351 e. The maximum atomic E-state index is 12.9. The first-order valence-electron chi connectivity index (χ1n) is 10.9. The fourth-order valence-corrected chi connectivity index (χ4v) is 4.49. The molecule has 0 bridgehead atoms. The number of carbonyl (C=O) groups excluding carboxylic acids is 3. The fourth-order valence-electron chi connectivity index (χ4n) is 4.49. The van der Waals surface area contributed by atoms with Gasteiger partial charge in [0, 0.05) is 37.2 Å². The monoisotopic (exact) mass is 399 g/mol. The number of benzene rings is 1. The van der Waals surface area contributed by atoms with Gasteiger partial charge in [0.15, 0.2) is 0 Å². The summed E-state index contributed by atoms with van der Waals surface area (Å²) in [6, 6.07) is 7.45. The second-order valence-corrected chi connectivity index (χ2v) is 8.33. The Balaban J connectivity index is 1.61. The van der Waals surface area contributed by atoms with E-state index in [1.807, 2.05) is 43.0 Å². The molecular formula is C23H33N3O3. The Kier molecular flexibility index (Phi) is 7.29. The molecule has 2 aliphatic rings. The van der Waals surface area contributed by atoms with Crippen LogP contribution in [0.4, 0.5) is 0 Å². The molecule has 1 aromatic rings. The highest BCUT2D eigenvalue weighted by Gasteiger charge is 2.32. The van der Waals surface area contributed by atoms with Crippen LogP contribution in [0.3, 0.4) is 0 Å². The number of rotatable bonds is 5. The van der Waals surface area contributed by atoms with Gasteiger partial charge in [0.1, 0.15) is 0 Å². The maximum absolute atomic E-state index is 12.9. The second kappa shape index (κ2) is 9.90. The highest BCUT2D eigenvalue weighted by atomic mass is 16.2. The van der Waals surface area contributed by atoms with Crippen LogP contribution < -0.4 is 10.6 Å². The van der Waals surface area contributed by atoms with Gasteiger partial charge in [-0.25, -0.2) is 0 Å². The van der Waals surface area contributed by atoms with Crippen molar-refractivity contribution in [2.45, 2.75) is 70.9 Å². The van der Waals surface area contributed by atoms with Crippen LogP contribution in [0.5, 0.6) is 0 Å². The molecular weight excluding hydrogens is 366 g/mol. The molecule has 2 N–H and O–H groups in total. The minimum Gasteiger partial charge on any atom is -0.351 e. The van der Waals surface area contributed by atoms with Gasteiger partial charge in [0.25, 0.3) is 5.91 Å². The third kappa shape index (κ3) is 5.37. The van der Waals surface area contributed by atoms with Crippen LogP contribution in [0.1, 0.15) is 67.8 Å². The van der Waals surface area contributed by atoms with E-state index in [-0.39, 0.29) is 35.7 Å². The van der Waals surface area contributed by atoms with E-state index in [1.165, 1.54) is 0 Å². The Bertz CT molecular complexity index is 749. The van der Waals surface area contributed by atoms with E-state index in [4.69, 9.17) is 0 Å². The summed E-state index contributed by atoms with van der Waals surface area (Å²) in [6.45, 7) is 5.04. The molecule has 29 heavy (non-hydrogen) atoms. The quantitative estimate of drug-likeness (QED) is 0.799. The average molecular weight is 400 g/mol. The van der Waals surface area contributed by atoms with Gasteiger partial charge in [-0.3, -0.25) is 14.4 Å². The van der Waals surface area contributed by atoms with Crippen LogP contribution in [0.25, 0.3) is 0 Å². The van der Waals surface area contributed by atoms with Gasteiger partial charge in [-0.05, 0) is 44.2 Å².